The van der Waals surface area contributed by atoms with Crippen LogP contribution in [-0.4, -0.2) is 18.8 Å². The number of hydrogen-bond acceptors (Lipinski definition) is 2. The first-order chi connectivity index (χ1) is 6.83. The summed E-state index contributed by atoms with van der Waals surface area (Å²) in [5.41, 5.74) is 1.36. The van der Waals surface area contributed by atoms with Gasteiger partial charge >= 0.3 is 0 Å². The largest absolute Gasteiger partial charge is 0.474 e. The van der Waals surface area contributed by atoms with E-state index in [1.54, 1.807) is 7.11 Å². The van der Waals surface area contributed by atoms with Gasteiger partial charge in [-0.1, -0.05) is 30.3 Å². The van der Waals surface area contributed by atoms with Crippen molar-refractivity contribution >= 4 is 17.4 Å². The van der Waals surface area contributed by atoms with Crippen molar-refractivity contribution in [1.29, 1.82) is 0 Å². The van der Waals surface area contributed by atoms with Crippen LogP contribution in [0.15, 0.2) is 30.3 Å². The molecule has 1 aromatic carbocycles. The Morgan fingerprint density at radius 1 is 1.36 bits per heavy atom. The molecule has 0 spiro atoms. The molecule has 0 saturated carbocycles. The first-order valence-electron chi connectivity index (χ1n) is 4.68. The van der Waals surface area contributed by atoms with E-state index in [-0.39, 0.29) is 0 Å². The molecule has 0 heterocycles. The third-order valence-electron chi connectivity index (χ3n) is 1.94. The maximum Gasteiger partial charge on any atom is 0.256 e. The van der Waals surface area contributed by atoms with E-state index in [0.717, 1.165) is 19.4 Å². The summed E-state index contributed by atoms with van der Waals surface area (Å²) in [6.07, 6.45) is 2.13. The van der Waals surface area contributed by atoms with E-state index in [1.165, 1.54) is 5.56 Å². The Morgan fingerprint density at radius 2 is 2.07 bits per heavy atom. The van der Waals surface area contributed by atoms with Gasteiger partial charge in [-0.15, -0.1) is 0 Å². The second kappa shape index (κ2) is 6.38. The maximum atomic E-state index is 4.85. The highest BCUT2D eigenvalue weighted by Crippen LogP contribution is 2.01. The number of aryl methyl sites for hydroxylation is 1. The number of benzene rings is 1. The molecular weight excluding hydrogens is 194 g/mol. The van der Waals surface area contributed by atoms with E-state index < -0.39 is 0 Å². The van der Waals surface area contributed by atoms with Gasteiger partial charge in [-0.2, -0.15) is 0 Å². The van der Waals surface area contributed by atoms with Gasteiger partial charge in [0.05, 0.1) is 7.11 Å². The van der Waals surface area contributed by atoms with Crippen LogP contribution < -0.4 is 5.32 Å². The summed E-state index contributed by atoms with van der Waals surface area (Å²) in [6.45, 7) is 0.863. The van der Waals surface area contributed by atoms with Gasteiger partial charge in [0.15, 0.2) is 0 Å². The molecule has 0 atom stereocenters. The van der Waals surface area contributed by atoms with Crippen molar-refractivity contribution in [3.8, 4) is 0 Å². The van der Waals surface area contributed by atoms with Crippen molar-refractivity contribution < 1.29 is 4.74 Å². The Morgan fingerprint density at radius 3 is 2.71 bits per heavy atom. The molecule has 0 amide bonds. The average molecular weight is 209 g/mol. The van der Waals surface area contributed by atoms with Crippen LogP contribution in [0.1, 0.15) is 12.0 Å². The Kier molecular flexibility index (Phi) is 5.00. The summed E-state index contributed by atoms with van der Waals surface area (Å²) in [7, 11) is 1.58. The fourth-order valence-electron chi connectivity index (χ4n) is 1.20. The molecular formula is C11H15NOS. The van der Waals surface area contributed by atoms with Gasteiger partial charge in [0, 0.05) is 6.54 Å². The number of hydrogen-bond donors (Lipinski definition) is 1. The minimum atomic E-state index is 0.470. The SMILES string of the molecule is COC(=S)NCCCc1ccccc1. The molecule has 1 aromatic rings. The van der Waals surface area contributed by atoms with Gasteiger partial charge in [-0.05, 0) is 30.6 Å². The van der Waals surface area contributed by atoms with Crippen LogP contribution in [0.4, 0.5) is 0 Å². The van der Waals surface area contributed by atoms with Crippen LogP contribution in [0, 0.1) is 0 Å². The standard InChI is InChI=1S/C11H15NOS/c1-13-11(14)12-9-5-8-10-6-3-2-4-7-10/h2-4,6-7H,5,8-9H2,1H3,(H,12,14). The lowest BCUT2D eigenvalue weighted by Crippen LogP contribution is -2.23. The molecule has 1 N–H and O–H groups in total. The van der Waals surface area contributed by atoms with E-state index in [9.17, 15) is 0 Å². The molecule has 0 bridgehead atoms. The molecule has 0 saturated heterocycles. The van der Waals surface area contributed by atoms with Crippen molar-refractivity contribution in [2.45, 2.75) is 12.8 Å². The Bertz CT molecular complexity index is 274. The van der Waals surface area contributed by atoms with Crippen molar-refractivity contribution in [3.05, 3.63) is 35.9 Å². The smallest absolute Gasteiger partial charge is 0.256 e. The number of methoxy groups -OCH3 is 1. The highest BCUT2D eigenvalue weighted by molar-refractivity contribution is 7.80. The molecule has 0 aliphatic carbocycles. The van der Waals surface area contributed by atoms with Crippen molar-refractivity contribution in [1.82, 2.24) is 5.32 Å². The quantitative estimate of drug-likeness (QED) is 0.606. The normalized spacial score (nSPS) is 9.50. The molecule has 0 unspecified atom stereocenters. The van der Waals surface area contributed by atoms with Crippen molar-refractivity contribution in [3.63, 3.8) is 0 Å². The van der Waals surface area contributed by atoms with Crippen LogP contribution in [0.3, 0.4) is 0 Å². The molecule has 3 heteroatoms. The van der Waals surface area contributed by atoms with Gasteiger partial charge in [-0.25, -0.2) is 0 Å². The van der Waals surface area contributed by atoms with Crippen molar-refractivity contribution in [2.75, 3.05) is 13.7 Å². The zero-order valence-corrected chi connectivity index (χ0v) is 9.14. The van der Waals surface area contributed by atoms with Gasteiger partial charge in [0.2, 0.25) is 0 Å². The summed E-state index contributed by atoms with van der Waals surface area (Å²) < 4.78 is 4.82. The number of thiocarbonyl (C=S) groups is 1. The third kappa shape index (κ3) is 4.23. The lowest BCUT2D eigenvalue weighted by atomic mass is 10.1. The fraction of sp³-hybridized carbons (Fsp3) is 0.364. The second-order valence-corrected chi connectivity index (χ2v) is 3.38. The minimum absolute atomic E-state index is 0.470. The lowest BCUT2D eigenvalue weighted by molar-refractivity contribution is 0.392. The molecule has 2 nitrogen and oxygen atoms in total. The monoisotopic (exact) mass is 209 g/mol. The van der Waals surface area contributed by atoms with Crippen LogP contribution in [0.2, 0.25) is 0 Å². The van der Waals surface area contributed by atoms with Gasteiger partial charge < -0.3 is 10.1 Å². The minimum Gasteiger partial charge on any atom is -0.474 e. The highest BCUT2D eigenvalue weighted by Gasteiger charge is 1.93. The van der Waals surface area contributed by atoms with E-state index in [1.807, 2.05) is 6.07 Å². The molecule has 0 aliphatic rings. The van der Waals surface area contributed by atoms with E-state index in [2.05, 4.69) is 29.6 Å². The summed E-state index contributed by atoms with van der Waals surface area (Å²) >= 11 is 4.85. The highest BCUT2D eigenvalue weighted by atomic mass is 32.1. The first kappa shape index (κ1) is 11.0. The second-order valence-electron chi connectivity index (χ2n) is 3.01. The summed E-state index contributed by atoms with van der Waals surface area (Å²) in [5.74, 6) is 0. The zero-order chi connectivity index (χ0) is 10.2. The molecule has 0 radical (unpaired) electrons. The lowest BCUT2D eigenvalue weighted by Gasteiger charge is -2.05. The molecule has 0 aromatic heterocycles. The molecule has 76 valence electrons. The summed E-state index contributed by atoms with van der Waals surface area (Å²) in [4.78, 5) is 0. The number of nitrogens with one attached hydrogen (secondary N) is 1. The molecule has 1 rings (SSSR count). The van der Waals surface area contributed by atoms with Gasteiger partial charge in [-0.3, -0.25) is 0 Å². The Labute approximate surface area is 90.3 Å². The Hall–Kier alpha value is -1.09. The van der Waals surface area contributed by atoms with Crippen LogP contribution >= 0.6 is 12.2 Å². The molecule has 0 fully saturated rings. The van der Waals surface area contributed by atoms with Crippen LogP contribution in [0.25, 0.3) is 0 Å². The van der Waals surface area contributed by atoms with Crippen molar-refractivity contribution in [2.24, 2.45) is 0 Å². The van der Waals surface area contributed by atoms with Crippen LogP contribution in [-0.2, 0) is 11.2 Å². The van der Waals surface area contributed by atoms with Crippen LogP contribution in [0.5, 0.6) is 0 Å². The first-order valence-corrected chi connectivity index (χ1v) is 5.09. The predicted molar refractivity (Wildman–Crippen MR) is 62.4 cm³/mol. The zero-order valence-electron chi connectivity index (χ0n) is 8.32. The topological polar surface area (TPSA) is 21.3 Å². The summed E-state index contributed by atoms with van der Waals surface area (Å²) in [5, 5.41) is 3.48. The number of rotatable bonds is 4. The number of ether oxygens (including phenoxy) is 1. The van der Waals surface area contributed by atoms with E-state index >= 15 is 0 Å². The third-order valence-corrected chi connectivity index (χ3v) is 2.25. The maximum absolute atomic E-state index is 4.85. The molecule has 0 aliphatic heterocycles. The van der Waals surface area contributed by atoms with Gasteiger partial charge in [0.1, 0.15) is 0 Å². The van der Waals surface area contributed by atoms with E-state index in [0.29, 0.717) is 5.17 Å². The summed E-state index contributed by atoms with van der Waals surface area (Å²) in [6, 6.07) is 10.4. The Balaban J connectivity index is 2.13. The van der Waals surface area contributed by atoms with Gasteiger partial charge in [0.25, 0.3) is 5.17 Å². The average Bonchev–Trinajstić information content (AvgIpc) is 2.25. The fourth-order valence-corrected chi connectivity index (χ4v) is 1.30. The predicted octanol–water partition coefficient (Wildman–Crippen LogP) is 2.14. The molecule has 14 heavy (non-hydrogen) atoms. The van der Waals surface area contributed by atoms with E-state index in [4.69, 9.17) is 17.0 Å².